The fraction of sp³-hybridized carbons (Fsp3) is 0.167. The molecule has 0 aliphatic rings. The van der Waals surface area contributed by atoms with E-state index in [0.717, 1.165) is 33.5 Å². The Balaban J connectivity index is 1.56. The molecule has 0 aliphatic heterocycles. The smallest absolute Gasteiger partial charge is 0.137 e. The molecule has 0 aliphatic carbocycles. The summed E-state index contributed by atoms with van der Waals surface area (Å²) in [5.41, 5.74) is 3.86. The van der Waals surface area contributed by atoms with Crippen molar-refractivity contribution in [3.63, 3.8) is 0 Å². The summed E-state index contributed by atoms with van der Waals surface area (Å²) in [6.45, 7) is 2.05. The monoisotopic (exact) mass is 601 g/mol. The number of aromatic nitrogens is 4. The van der Waals surface area contributed by atoms with Crippen molar-refractivity contribution < 1.29 is 8.78 Å². The second kappa shape index (κ2) is 12.7. The first-order valence-corrected chi connectivity index (χ1v) is 15.2. The highest BCUT2D eigenvalue weighted by Crippen LogP contribution is 2.49. The maximum Gasteiger partial charge on any atom is 0.137 e. The van der Waals surface area contributed by atoms with E-state index in [1.54, 1.807) is 24.5 Å². The number of nitrogens with zero attached hydrogens (tertiary/aromatic N) is 5. The van der Waals surface area contributed by atoms with Gasteiger partial charge in [0, 0.05) is 28.8 Å². The van der Waals surface area contributed by atoms with Gasteiger partial charge in [-0.15, -0.1) is 11.3 Å². The first-order valence-electron chi connectivity index (χ1n) is 14.3. The van der Waals surface area contributed by atoms with Crippen molar-refractivity contribution in [2.24, 2.45) is 0 Å². The van der Waals surface area contributed by atoms with Crippen LogP contribution in [0.1, 0.15) is 46.0 Å². The summed E-state index contributed by atoms with van der Waals surface area (Å²) in [7, 11) is 0. The Morgan fingerprint density at radius 1 is 0.886 bits per heavy atom. The summed E-state index contributed by atoms with van der Waals surface area (Å²) in [6.07, 6.45) is 4.20. The van der Waals surface area contributed by atoms with E-state index in [1.807, 2.05) is 58.6 Å². The highest BCUT2D eigenvalue weighted by Gasteiger charge is 2.47. The molecule has 0 saturated carbocycles. The summed E-state index contributed by atoms with van der Waals surface area (Å²) >= 11 is 1.50. The van der Waals surface area contributed by atoms with Crippen LogP contribution in [0, 0.1) is 23.0 Å². The minimum atomic E-state index is -0.864. The average molecular weight is 602 g/mol. The number of hydrogen-bond donors (Lipinski definition) is 0. The van der Waals surface area contributed by atoms with Gasteiger partial charge in [0.15, 0.2) is 0 Å². The van der Waals surface area contributed by atoms with Crippen LogP contribution in [0.4, 0.5) is 8.78 Å². The Kier molecular flexibility index (Phi) is 8.40. The van der Waals surface area contributed by atoms with Crippen molar-refractivity contribution in [2.45, 2.75) is 37.1 Å². The minimum absolute atomic E-state index is 0.316. The van der Waals surface area contributed by atoms with Crippen LogP contribution in [0.2, 0.25) is 0 Å². The summed E-state index contributed by atoms with van der Waals surface area (Å²) in [5, 5.41) is 16.7. The van der Waals surface area contributed by atoms with Gasteiger partial charge in [-0.3, -0.25) is 0 Å². The number of hydrogen-bond acceptors (Lipinski definition) is 5. The van der Waals surface area contributed by atoms with E-state index in [4.69, 9.17) is 4.98 Å². The first-order chi connectivity index (χ1) is 21.5. The molecule has 0 radical (unpaired) electrons. The number of halogens is 2. The highest BCUT2D eigenvalue weighted by molar-refractivity contribution is 7.10. The van der Waals surface area contributed by atoms with Crippen LogP contribution >= 0.6 is 11.3 Å². The predicted octanol–water partition coefficient (Wildman–Crippen LogP) is 8.32. The average Bonchev–Trinajstić information content (AvgIpc) is 3.77. The molecule has 8 heteroatoms. The zero-order valence-corrected chi connectivity index (χ0v) is 24.8. The maximum absolute atomic E-state index is 16.0. The van der Waals surface area contributed by atoms with Crippen LogP contribution in [0.25, 0.3) is 11.3 Å². The van der Waals surface area contributed by atoms with Gasteiger partial charge in [0.2, 0.25) is 0 Å². The van der Waals surface area contributed by atoms with E-state index >= 15 is 4.39 Å². The van der Waals surface area contributed by atoms with Gasteiger partial charge in [-0.1, -0.05) is 85.8 Å². The zero-order valence-electron chi connectivity index (χ0n) is 24.0. The lowest BCUT2D eigenvalue weighted by molar-refractivity contribution is 0.173. The summed E-state index contributed by atoms with van der Waals surface area (Å²) in [5.74, 6) is -2.10. The number of benzene rings is 4. The molecule has 4 aromatic carbocycles. The molecule has 2 heterocycles. The third-order valence-corrected chi connectivity index (χ3v) is 9.22. The van der Waals surface area contributed by atoms with Crippen LogP contribution in [0.15, 0.2) is 121 Å². The van der Waals surface area contributed by atoms with Crippen molar-refractivity contribution in [2.75, 3.05) is 0 Å². The molecule has 6 rings (SSSR count). The summed E-state index contributed by atoms with van der Waals surface area (Å²) < 4.78 is 32.2. The van der Waals surface area contributed by atoms with Crippen molar-refractivity contribution in [3.05, 3.63) is 160 Å². The predicted molar refractivity (Wildman–Crippen MR) is 168 cm³/mol. The largest absolute Gasteiger partial charge is 0.246 e. The molecule has 0 saturated heterocycles. The van der Waals surface area contributed by atoms with Crippen LogP contribution < -0.4 is 0 Å². The normalized spacial score (nSPS) is 12.9. The molecule has 0 amide bonds. The molecule has 218 valence electrons. The molecule has 2 atom stereocenters. The molecule has 0 N–H and O–H groups in total. The summed E-state index contributed by atoms with van der Waals surface area (Å²) in [6, 6.07) is 33.4. The van der Waals surface area contributed by atoms with E-state index in [2.05, 4.69) is 47.3 Å². The fourth-order valence-corrected chi connectivity index (χ4v) is 7.11. The van der Waals surface area contributed by atoms with Crippen LogP contribution in [-0.4, -0.2) is 19.7 Å². The maximum atomic E-state index is 16.0. The van der Waals surface area contributed by atoms with Gasteiger partial charge in [0.05, 0.1) is 27.9 Å². The van der Waals surface area contributed by atoms with E-state index in [0.29, 0.717) is 24.0 Å². The van der Waals surface area contributed by atoms with Crippen LogP contribution in [0.5, 0.6) is 0 Å². The van der Waals surface area contributed by atoms with Crippen LogP contribution in [-0.2, 0) is 18.4 Å². The summed E-state index contributed by atoms with van der Waals surface area (Å²) in [4.78, 5) is 9.37. The Bertz CT molecular complexity index is 1820. The van der Waals surface area contributed by atoms with E-state index < -0.39 is 23.1 Å². The lowest BCUT2D eigenvalue weighted by Gasteiger charge is -2.44. The van der Waals surface area contributed by atoms with Crippen molar-refractivity contribution in [3.8, 4) is 17.3 Å². The molecule has 0 spiro atoms. The lowest BCUT2D eigenvalue weighted by Crippen LogP contribution is -2.47. The van der Waals surface area contributed by atoms with Gasteiger partial charge in [0.1, 0.15) is 24.3 Å². The molecule has 6 aromatic rings. The Labute approximate surface area is 259 Å². The molecule has 5 nitrogen and oxygen atoms in total. The number of rotatable bonds is 10. The Morgan fingerprint density at radius 3 is 2.11 bits per heavy atom. The molecule has 44 heavy (non-hydrogen) atoms. The zero-order chi connectivity index (χ0) is 30.5. The first kappa shape index (κ1) is 29.1. The lowest BCUT2D eigenvalue weighted by atomic mass is 9.66. The van der Waals surface area contributed by atoms with Crippen molar-refractivity contribution in [1.82, 2.24) is 19.7 Å². The highest BCUT2D eigenvalue weighted by atomic mass is 32.1. The molecule has 0 bridgehead atoms. The molecule has 2 aromatic heterocycles. The fourth-order valence-electron chi connectivity index (χ4n) is 6.19. The molecule has 0 fully saturated rings. The van der Waals surface area contributed by atoms with Crippen molar-refractivity contribution >= 4 is 11.3 Å². The third-order valence-electron chi connectivity index (χ3n) is 8.18. The number of thiazole rings is 1. The topological polar surface area (TPSA) is 67.4 Å². The standard InChI is InChI=1S/C36H29F2N5S/c1-25(35-42-33(22-44-35)29-14-12-28(21-39)13-15-29)34(31-17-16-30(37)18-32(31)38)36(43-24-40-23-41-43,19-26-8-4-2-5-9-26)20-27-10-6-3-7-11-27/h2-18,22-25,34H,19-20H2,1H3. The van der Waals surface area contributed by atoms with E-state index in [1.165, 1.54) is 23.7 Å². The molecular formula is C36H29F2N5S. The van der Waals surface area contributed by atoms with E-state index in [9.17, 15) is 9.65 Å². The van der Waals surface area contributed by atoms with Gasteiger partial charge in [-0.2, -0.15) is 10.4 Å². The van der Waals surface area contributed by atoms with Crippen LogP contribution in [0.3, 0.4) is 0 Å². The second-order valence-electron chi connectivity index (χ2n) is 11.0. The van der Waals surface area contributed by atoms with Gasteiger partial charge in [0.25, 0.3) is 0 Å². The van der Waals surface area contributed by atoms with Gasteiger partial charge >= 0.3 is 0 Å². The Hall–Kier alpha value is -5.00. The minimum Gasteiger partial charge on any atom is -0.246 e. The molecule has 2 unspecified atom stereocenters. The number of nitriles is 1. The van der Waals surface area contributed by atoms with Crippen molar-refractivity contribution in [1.29, 1.82) is 5.26 Å². The quantitative estimate of drug-likeness (QED) is 0.158. The Morgan fingerprint density at radius 2 is 1.55 bits per heavy atom. The third kappa shape index (κ3) is 5.92. The van der Waals surface area contributed by atoms with E-state index in [-0.39, 0.29) is 5.92 Å². The molecular weight excluding hydrogens is 572 g/mol. The second-order valence-corrected chi connectivity index (χ2v) is 11.9. The van der Waals surface area contributed by atoms with Gasteiger partial charge in [-0.05, 0) is 47.7 Å². The van der Waals surface area contributed by atoms with Gasteiger partial charge < -0.3 is 0 Å². The van der Waals surface area contributed by atoms with Gasteiger partial charge in [-0.25, -0.2) is 23.4 Å². The SMILES string of the molecule is CC(c1nc(-c2ccc(C#N)cc2)cs1)C(c1ccc(F)cc1F)C(Cc1ccccc1)(Cc1ccccc1)n1cncn1.